The van der Waals surface area contributed by atoms with Crippen molar-refractivity contribution in [2.24, 2.45) is 0 Å². The molecule has 0 aliphatic heterocycles. The summed E-state index contributed by atoms with van der Waals surface area (Å²) in [5, 5.41) is 10.9. The molecular weight excluding hydrogens is 288 g/mol. The molecule has 3 rings (SSSR count). The maximum atomic E-state index is 5.86. The number of nitrogens with zero attached hydrogens (tertiary/aromatic N) is 2. The van der Waals surface area contributed by atoms with Gasteiger partial charge in [0.05, 0.1) is 17.6 Å². The molecule has 0 amide bonds. The number of hydrogen-bond donors (Lipinski definition) is 2. The number of pyridine rings is 1. The normalized spacial score (nSPS) is 10.8. The minimum atomic E-state index is 0.494. The van der Waals surface area contributed by atoms with E-state index in [-0.39, 0.29) is 0 Å². The van der Waals surface area contributed by atoms with E-state index in [0.29, 0.717) is 11.7 Å². The first kappa shape index (κ1) is 13.7. The van der Waals surface area contributed by atoms with E-state index in [2.05, 4.69) is 20.5 Å². The van der Waals surface area contributed by atoms with Crippen molar-refractivity contribution in [3.63, 3.8) is 0 Å². The zero-order valence-corrected chi connectivity index (χ0v) is 12.5. The molecule has 0 unspecified atom stereocenters. The van der Waals surface area contributed by atoms with Gasteiger partial charge in [0, 0.05) is 12.1 Å². The van der Waals surface area contributed by atoms with Gasteiger partial charge < -0.3 is 9.73 Å². The lowest BCUT2D eigenvalue weighted by Crippen LogP contribution is -2.02. The molecule has 3 aromatic heterocycles. The van der Waals surface area contributed by atoms with Crippen molar-refractivity contribution in [1.82, 2.24) is 15.2 Å². The SMILES string of the molecule is Cc1ccc(-c2[nH]ncc2CNc2ccc(Cl)nc2C)o1. The third-order valence-electron chi connectivity index (χ3n) is 3.23. The summed E-state index contributed by atoms with van der Waals surface area (Å²) in [5.74, 6) is 1.66. The number of furan rings is 1. The van der Waals surface area contributed by atoms with Crippen LogP contribution in [0.5, 0.6) is 0 Å². The molecule has 3 aromatic rings. The van der Waals surface area contributed by atoms with Gasteiger partial charge in [0.25, 0.3) is 0 Å². The highest BCUT2D eigenvalue weighted by atomic mass is 35.5. The molecule has 0 fully saturated rings. The Morgan fingerprint density at radius 2 is 2.10 bits per heavy atom. The fourth-order valence-corrected chi connectivity index (χ4v) is 2.32. The third kappa shape index (κ3) is 2.92. The van der Waals surface area contributed by atoms with E-state index in [1.54, 1.807) is 12.3 Å². The Bertz CT molecular complexity index is 763. The van der Waals surface area contributed by atoms with E-state index in [1.165, 1.54) is 0 Å². The summed E-state index contributed by atoms with van der Waals surface area (Å²) in [7, 11) is 0. The monoisotopic (exact) mass is 302 g/mol. The van der Waals surface area contributed by atoms with Crippen molar-refractivity contribution < 1.29 is 4.42 Å². The van der Waals surface area contributed by atoms with Gasteiger partial charge in [0.1, 0.15) is 16.6 Å². The Labute approximate surface area is 127 Å². The number of rotatable bonds is 4. The molecule has 21 heavy (non-hydrogen) atoms. The van der Waals surface area contributed by atoms with E-state index in [9.17, 15) is 0 Å². The van der Waals surface area contributed by atoms with Gasteiger partial charge in [-0.3, -0.25) is 5.10 Å². The smallest absolute Gasteiger partial charge is 0.152 e. The Morgan fingerprint density at radius 1 is 1.24 bits per heavy atom. The van der Waals surface area contributed by atoms with E-state index in [0.717, 1.165) is 34.2 Å². The Hall–Kier alpha value is -2.27. The molecule has 108 valence electrons. The molecule has 6 heteroatoms. The second-order valence-electron chi connectivity index (χ2n) is 4.80. The summed E-state index contributed by atoms with van der Waals surface area (Å²) < 4.78 is 5.63. The second kappa shape index (κ2) is 5.61. The molecule has 0 bridgehead atoms. The van der Waals surface area contributed by atoms with Crippen LogP contribution in [0.2, 0.25) is 5.15 Å². The first-order chi connectivity index (χ1) is 10.1. The topological polar surface area (TPSA) is 66.7 Å². The van der Waals surface area contributed by atoms with Gasteiger partial charge in [-0.1, -0.05) is 11.6 Å². The van der Waals surface area contributed by atoms with Crippen LogP contribution in [0, 0.1) is 13.8 Å². The van der Waals surface area contributed by atoms with Gasteiger partial charge in [-0.05, 0) is 38.1 Å². The van der Waals surface area contributed by atoms with Crippen LogP contribution < -0.4 is 5.32 Å². The molecule has 0 saturated heterocycles. The lowest BCUT2D eigenvalue weighted by atomic mass is 10.2. The summed E-state index contributed by atoms with van der Waals surface area (Å²) in [4.78, 5) is 4.22. The van der Waals surface area contributed by atoms with Crippen molar-refractivity contribution in [3.05, 3.63) is 52.6 Å². The van der Waals surface area contributed by atoms with Crippen LogP contribution in [0.25, 0.3) is 11.5 Å². The van der Waals surface area contributed by atoms with Gasteiger partial charge in [-0.25, -0.2) is 4.98 Å². The Morgan fingerprint density at radius 3 is 2.81 bits per heavy atom. The van der Waals surface area contributed by atoms with Gasteiger partial charge in [-0.2, -0.15) is 5.10 Å². The number of hydrogen-bond acceptors (Lipinski definition) is 4. The molecular formula is C15H15ClN4O. The van der Waals surface area contributed by atoms with Crippen LogP contribution in [-0.2, 0) is 6.54 Å². The number of aryl methyl sites for hydroxylation is 2. The molecule has 0 aliphatic rings. The summed E-state index contributed by atoms with van der Waals surface area (Å²) in [5.41, 5.74) is 3.72. The lowest BCUT2D eigenvalue weighted by Gasteiger charge is -2.08. The molecule has 5 nitrogen and oxygen atoms in total. The molecule has 0 spiro atoms. The van der Waals surface area contributed by atoms with Gasteiger partial charge in [-0.15, -0.1) is 0 Å². The second-order valence-corrected chi connectivity index (χ2v) is 5.19. The molecule has 0 aromatic carbocycles. The van der Waals surface area contributed by atoms with Crippen molar-refractivity contribution in [1.29, 1.82) is 0 Å². The molecule has 0 aliphatic carbocycles. The van der Waals surface area contributed by atoms with Crippen LogP contribution in [0.3, 0.4) is 0 Å². The van der Waals surface area contributed by atoms with E-state index in [4.69, 9.17) is 16.0 Å². The molecule has 0 atom stereocenters. The van der Waals surface area contributed by atoms with E-state index < -0.39 is 0 Å². The predicted octanol–water partition coefficient (Wildman–Crippen LogP) is 3.95. The number of H-pyrrole nitrogens is 1. The zero-order chi connectivity index (χ0) is 14.8. The number of anilines is 1. The Kier molecular flexibility index (Phi) is 3.66. The summed E-state index contributed by atoms with van der Waals surface area (Å²) in [6.45, 7) is 4.46. The summed E-state index contributed by atoms with van der Waals surface area (Å²) in [6, 6.07) is 7.55. The number of aromatic amines is 1. The average Bonchev–Trinajstić information content (AvgIpc) is 3.06. The van der Waals surface area contributed by atoms with Crippen LogP contribution in [0.4, 0.5) is 5.69 Å². The zero-order valence-electron chi connectivity index (χ0n) is 11.8. The first-order valence-electron chi connectivity index (χ1n) is 6.59. The van der Waals surface area contributed by atoms with Crippen molar-refractivity contribution in [2.75, 3.05) is 5.32 Å². The number of aromatic nitrogens is 3. The summed E-state index contributed by atoms with van der Waals surface area (Å²) >= 11 is 5.86. The number of nitrogens with one attached hydrogen (secondary N) is 2. The van der Waals surface area contributed by atoms with Crippen molar-refractivity contribution in [2.45, 2.75) is 20.4 Å². The fraction of sp³-hybridized carbons (Fsp3) is 0.200. The van der Waals surface area contributed by atoms with Crippen molar-refractivity contribution >= 4 is 17.3 Å². The molecule has 0 saturated carbocycles. The largest absolute Gasteiger partial charge is 0.460 e. The first-order valence-corrected chi connectivity index (χ1v) is 6.97. The van der Waals surface area contributed by atoms with Crippen LogP contribution in [0.15, 0.2) is 34.9 Å². The highest BCUT2D eigenvalue weighted by Gasteiger charge is 2.11. The molecule has 0 radical (unpaired) electrons. The fourth-order valence-electron chi connectivity index (χ4n) is 2.14. The van der Waals surface area contributed by atoms with E-state index >= 15 is 0 Å². The quantitative estimate of drug-likeness (QED) is 0.716. The molecule has 2 N–H and O–H groups in total. The third-order valence-corrected chi connectivity index (χ3v) is 3.44. The van der Waals surface area contributed by atoms with Gasteiger partial charge in [0.2, 0.25) is 0 Å². The van der Waals surface area contributed by atoms with Gasteiger partial charge >= 0.3 is 0 Å². The van der Waals surface area contributed by atoms with Crippen LogP contribution >= 0.6 is 11.6 Å². The Balaban J connectivity index is 1.79. The minimum Gasteiger partial charge on any atom is -0.460 e. The maximum Gasteiger partial charge on any atom is 0.152 e. The maximum absolute atomic E-state index is 5.86. The lowest BCUT2D eigenvalue weighted by molar-refractivity contribution is 0.545. The minimum absolute atomic E-state index is 0.494. The summed E-state index contributed by atoms with van der Waals surface area (Å²) in [6.07, 6.45) is 1.79. The van der Waals surface area contributed by atoms with E-state index in [1.807, 2.05) is 32.0 Å². The highest BCUT2D eigenvalue weighted by molar-refractivity contribution is 6.29. The highest BCUT2D eigenvalue weighted by Crippen LogP contribution is 2.24. The van der Waals surface area contributed by atoms with Gasteiger partial charge in [0.15, 0.2) is 5.76 Å². The average molecular weight is 303 g/mol. The molecule has 3 heterocycles. The van der Waals surface area contributed by atoms with Crippen LogP contribution in [-0.4, -0.2) is 15.2 Å². The van der Waals surface area contributed by atoms with Crippen molar-refractivity contribution in [3.8, 4) is 11.5 Å². The standard InChI is InChI=1S/C15H15ClN4O/c1-9-3-5-13(21-9)15-11(8-18-20-15)7-17-12-4-6-14(16)19-10(12)2/h3-6,8,17H,7H2,1-2H3,(H,18,20). The van der Waals surface area contributed by atoms with Crippen LogP contribution in [0.1, 0.15) is 17.0 Å². The number of halogens is 1. The predicted molar refractivity (Wildman–Crippen MR) is 82.3 cm³/mol.